The average Bonchev–Trinajstić information content (AvgIpc) is 2.87. The summed E-state index contributed by atoms with van der Waals surface area (Å²) in [6.45, 7) is 2.70. The first kappa shape index (κ1) is 25.9. The number of sulfonamides is 1. The molecule has 198 valence electrons. The topological polar surface area (TPSA) is 109 Å². The number of halogens is 3. The molecule has 0 amide bonds. The van der Waals surface area contributed by atoms with Crippen LogP contribution in [0.2, 0.25) is 0 Å². The van der Waals surface area contributed by atoms with Crippen LogP contribution in [0.1, 0.15) is 17.5 Å². The summed E-state index contributed by atoms with van der Waals surface area (Å²) in [7, 11) is -4.06. The number of alkyl halides is 1. The van der Waals surface area contributed by atoms with Gasteiger partial charge in [0.25, 0.3) is 0 Å². The van der Waals surface area contributed by atoms with Gasteiger partial charge in [-0.05, 0) is 36.2 Å². The van der Waals surface area contributed by atoms with Crippen molar-refractivity contribution in [1.82, 2.24) is 20.3 Å². The fourth-order valence-electron chi connectivity index (χ4n) is 4.39. The first-order chi connectivity index (χ1) is 18.2. The molecule has 38 heavy (non-hydrogen) atoms. The van der Waals surface area contributed by atoms with Crippen LogP contribution in [0.25, 0.3) is 22.3 Å². The molecule has 1 saturated heterocycles. The SMILES string of the molecule is Cc1cc(-c2cc(F)c(NS(=O)(=O)Cc3ccccc3)c(F)c2)nc2cnc(N[C@@H]3CNC[C@@H](F)C3)nc12. The molecule has 1 aliphatic rings. The summed E-state index contributed by atoms with van der Waals surface area (Å²) >= 11 is 0. The number of benzene rings is 2. The molecule has 3 N–H and O–H groups in total. The zero-order valence-electron chi connectivity index (χ0n) is 20.4. The van der Waals surface area contributed by atoms with Crippen LogP contribution in [-0.4, -0.2) is 48.7 Å². The number of rotatable bonds is 7. The number of nitrogens with one attached hydrogen (secondary N) is 3. The standard InChI is InChI=1S/C26H25F3N6O2S/c1-15-7-22(33-23-13-31-26(34-24(15)23)32-19-10-18(27)11-30-12-19)17-8-20(28)25(21(29)9-17)35-38(36,37)14-16-5-3-2-4-6-16/h2-9,13,18-19,30,35H,10-12,14H2,1H3,(H,31,32,34)/t18-,19-/m0/s1. The third-order valence-corrected chi connectivity index (χ3v) is 7.39. The van der Waals surface area contributed by atoms with Crippen molar-refractivity contribution in [3.8, 4) is 11.3 Å². The van der Waals surface area contributed by atoms with E-state index in [-0.39, 0.29) is 17.3 Å². The fraction of sp³-hybridized carbons (Fsp3) is 0.269. The van der Waals surface area contributed by atoms with E-state index in [0.717, 1.165) is 12.1 Å². The van der Waals surface area contributed by atoms with Gasteiger partial charge in [0.1, 0.15) is 17.4 Å². The summed E-state index contributed by atoms with van der Waals surface area (Å²) in [5.41, 5.74) is 1.76. The van der Waals surface area contributed by atoms with Gasteiger partial charge < -0.3 is 10.6 Å². The van der Waals surface area contributed by atoms with Crippen molar-refractivity contribution in [2.24, 2.45) is 0 Å². The summed E-state index contributed by atoms with van der Waals surface area (Å²) < 4.78 is 70.5. The molecule has 1 aliphatic heterocycles. The maximum Gasteiger partial charge on any atom is 0.237 e. The van der Waals surface area contributed by atoms with Crippen LogP contribution < -0.4 is 15.4 Å². The third kappa shape index (κ3) is 5.86. The fourth-order valence-corrected chi connectivity index (χ4v) is 5.60. The Bertz CT molecular complexity index is 1560. The van der Waals surface area contributed by atoms with Crippen molar-refractivity contribution in [3.05, 3.63) is 77.5 Å². The van der Waals surface area contributed by atoms with E-state index in [1.165, 1.54) is 6.20 Å². The summed E-state index contributed by atoms with van der Waals surface area (Å²) in [6.07, 6.45) is 0.891. The molecule has 12 heteroatoms. The van der Waals surface area contributed by atoms with Gasteiger partial charge in [-0.25, -0.2) is 36.5 Å². The second kappa shape index (κ2) is 10.5. The Labute approximate surface area is 217 Å². The van der Waals surface area contributed by atoms with Crippen LogP contribution in [0.15, 0.2) is 54.7 Å². The number of fused-ring (bicyclic) bond motifs is 1. The third-order valence-electron chi connectivity index (χ3n) is 6.16. The number of aromatic nitrogens is 3. The molecule has 3 heterocycles. The lowest BCUT2D eigenvalue weighted by molar-refractivity contribution is 0.254. The van der Waals surface area contributed by atoms with Gasteiger partial charge in [0, 0.05) is 31.1 Å². The van der Waals surface area contributed by atoms with Crippen molar-refractivity contribution < 1.29 is 21.6 Å². The second-order valence-electron chi connectivity index (χ2n) is 9.25. The molecule has 5 rings (SSSR count). The van der Waals surface area contributed by atoms with Gasteiger partial charge in [-0.2, -0.15) is 0 Å². The number of piperidine rings is 1. The molecular weight excluding hydrogens is 517 g/mol. The van der Waals surface area contributed by atoms with Crippen LogP contribution in [0.3, 0.4) is 0 Å². The Morgan fingerprint density at radius 3 is 2.50 bits per heavy atom. The van der Waals surface area contributed by atoms with Gasteiger partial charge in [-0.15, -0.1) is 0 Å². The summed E-state index contributed by atoms with van der Waals surface area (Å²) in [5, 5.41) is 6.13. The minimum absolute atomic E-state index is 0.125. The lowest BCUT2D eigenvalue weighted by Crippen LogP contribution is -2.44. The maximum absolute atomic E-state index is 14.9. The lowest BCUT2D eigenvalue weighted by atomic mass is 10.1. The molecule has 0 aliphatic carbocycles. The normalized spacial score (nSPS) is 17.9. The van der Waals surface area contributed by atoms with E-state index in [2.05, 4.69) is 25.6 Å². The maximum atomic E-state index is 14.9. The monoisotopic (exact) mass is 542 g/mol. The molecule has 0 unspecified atom stereocenters. The van der Waals surface area contributed by atoms with Crippen LogP contribution >= 0.6 is 0 Å². The number of anilines is 2. The Morgan fingerprint density at radius 2 is 1.79 bits per heavy atom. The first-order valence-corrected chi connectivity index (χ1v) is 13.6. The molecule has 0 bridgehead atoms. The van der Waals surface area contributed by atoms with Gasteiger partial charge >= 0.3 is 0 Å². The smallest absolute Gasteiger partial charge is 0.237 e. The number of nitrogens with zero attached hydrogens (tertiary/aromatic N) is 3. The van der Waals surface area contributed by atoms with E-state index >= 15 is 0 Å². The molecule has 2 aromatic carbocycles. The van der Waals surface area contributed by atoms with Crippen LogP contribution in [-0.2, 0) is 15.8 Å². The van der Waals surface area contributed by atoms with E-state index < -0.39 is 39.3 Å². The number of hydrogen-bond acceptors (Lipinski definition) is 7. The van der Waals surface area contributed by atoms with Gasteiger partial charge in [0.2, 0.25) is 16.0 Å². The highest BCUT2D eigenvalue weighted by molar-refractivity contribution is 7.91. The predicted octanol–water partition coefficient (Wildman–Crippen LogP) is 4.33. The van der Waals surface area contributed by atoms with Crippen molar-refractivity contribution in [2.75, 3.05) is 23.1 Å². The molecular formula is C26H25F3N6O2S. The lowest BCUT2D eigenvalue weighted by Gasteiger charge is -2.26. The number of hydrogen-bond donors (Lipinski definition) is 3. The molecule has 8 nitrogen and oxygen atoms in total. The van der Waals surface area contributed by atoms with Crippen molar-refractivity contribution in [2.45, 2.75) is 31.3 Å². The molecule has 0 saturated carbocycles. The van der Waals surface area contributed by atoms with E-state index in [4.69, 9.17) is 0 Å². The average molecular weight is 543 g/mol. The van der Waals surface area contributed by atoms with Gasteiger partial charge in [0.05, 0.1) is 23.2 Å². The minimum atomic E-state index is -4.06. The van der Waals surface area contributed by atoms with Crippen LogP contribution in [0.5, 0.6) is 0 Å². The zero-order chi connectivity index (χ0) is 26.9. The van der Waals surface area contributed by atoms with E-state index in [1.54, 1.807) is 43.3 Å². The van der Waals surface area contributed by atoms with Gasteiger partial charge in [-0.3, -0.25) is 4.72 Å². The first-order valence-electron chi connectivity index (χ1n) is 12.0. The Balaban J connectivity index is 1.38. The highest BCUT2D eigenvalue weighted by atomic mass is 32.2. The van der Waals surface area contributed by atoms with Gasteiger partial charge in [-0.1, -0.05) is 30.3 Å². The largest absolute Gasteiger partial charge is 0.350 e. The highest BCUT2D eigenvalue weighted by Crippen LogP contribution is 2.30. The van der Waals surface area contributed by atoms with Crippen molar-refractivity contribution in [1.29, 1.82) is 0 Å². The molecule has 2 aromatic heterocycles. The van der Waals surface area contributed by atoms with E-state index in [0.29, 0.717) is 47.6 Å². The highest BCUT2D eigenvalue weighted by Gasteiger charge is 2.22. The summed E-state index contributed by atoms with van der Waals surface area (Å²) in [6, 6.07) is 11.8. The zero-order valence-corrected chi connectivity index (χ0v) is 21.2. The number of pyridine rings is 1. The summed E-state index contributed by atoms with van der Waals surface area (Å²) in [4.78, 5) is 13.2. The predicted molar refractivity (Wildman–Crippen MR) is 140 cm³/mol. The molecule has 0 spiro atoms. The van der Waals surface area contributed by atoms with Crippen molar-refractivity contribution >= 4 is 32.7 Å². The van der Waals surface area contributed by atoms with Gasteiger partial charge in [0.15, 0.2) is 11.6 Å². The number of aryl methyl sites for hydroxylation is 1. The quantitative estimate of drug-likeness (QED) is 0.319. The molecule has 4 aromatic rings. The van der Waals surface area contributed by atoms with Crippen LogP contribution in [0.4, 0.5) is 24.8 Å². The van der Waals surface area contributed by atoms with Crippen LogP contribution in [0, 0.1) is 18.6 Å². The molecule has 0 radical (unpaired) electrons. The molecule has 2 atom stereocenters. The summed E-state index contributed by atoms with van der Waals surface area (Å²) in [5.74, 6) is -2.23. The Morgan fingerprint density at radius 1 is 1.05 bits per heavy atom. The Hall–Kier alpha value is -3.77. The van der Waals surface area contributed by atoms with E-state index in [9.17, 15) is 21.6 Å². The second-order valence-corrected chi connectivity index (χ2v) is 11.0. The minimum Gasteiger partial charge on any atom is -0.350 e. The van der Waals surface area contributed by atoms with E-state index in [1.807, 2.05) is 4.72 Å². The Kier molecular flexibility index (Phi) is 7.17. The molecule has 1 fully saturated rings. The van der Waals surface area contributed by atoms with Crippen molar-refractivity contribution in [3.63, 3.8) is 0 Å².